The van der Waals surface area contributed by atoms with Crippen molar-refractivity contribution in [1.82, 2.24) is 4.90 Å². The number of oxime groups is 1. The molecule has 0 radical (unpaired) electrons. The van der Waals surface area contributed by atoms with E-state index in [1.54, 1.807) is 7.11 Å². The van der Waals surface area contributed by atoms with Crippen LogP contribution in [-0.2, 0) is 6.54 Å². The van der Waals surface area contributed by atoms with Crippen molar-refractivity contribution < 1.29 is 9.94 Å². The predicted octanol–water partition coefficient (Wildman–Crippen LogP) is 2.55. The highest BCUT2D eigenvalue weighted by molar-refractivity contribution is 5.99. The van der Waals surface area contributed by atoms with Gasteiger partial charge in [0, 0.05) is 12.6 Å². The van der Waals surface area contributed by atoms with Gasteiger partial charge in [0.2, 0.25) is 0 Å². The minimum absolute atomic E-state index is 0.0709. The average Bonchev–Trinajstić information content (AvgIpc) is 2.71. The molecule has 1 aromatic rings. The molecular formula is C16H25N3O2. The molecule has 1 unspecified atom stereocenters. The van der Waals surface area contributed by atoms with Gasteiger partial charge in [0.15, 0.2) is 5.84 Å². The Balaban J connectivity index is 2.17. The molecule has 1 aromatic carbocycles. The standard InChI is InChI=1S/C16H25N3O2/c1-12-6-4-3-5-9-19(12)11-13-7-8-14(16(17)18-20)15(10-13)21-2/h7-8,10,12,20H,3-6,9,11H2,1-2H3,(H2,17,18). The number of nitrogens with two attached hydrogens (primary N) is 1. The Morgan fingerprint density at radius 3 is 2.95 bits per heavy atom. The number of hydrogen-bond acceptors (Lipinski definition) is 4. The summed E-state index contributed by atoms with van der Waals surface area (Å²) in [5.41, 5.74) is 7.47. The van der Waals surface area contributed by atoms with Gasteiger partial charge < -0.3 is 15.7 Å². The maximum absolute atomic E-state index is 8.80. The van der Waals surface area contributed by atoms with Gasteiger partial charge in [0.25, 0.3) is 0 Å². The highest BCUT2D eigenvalue weighted by atomic mass is 16.5. The Labute approximate surface area is 126 Å². The lowest BCUT2D eigenvalue weighted by atomic mass is 10.1. The van der Waals surface area contributed by atoms with Crippen molar-refractivity contribution in [2.75, 3.05) is 13.7 Å². The number of amidine groups is 1. The summed E-state index contributed by atoms with van der Waals surface area (Å²) >= 11 is 0. The van der Waals surface area contributed by atoms with Gasteiger partial charge in [-0.05, 0) is 44.0 Å². The molecule has 1 aliphatic rings. The number of methoxy groups -OCH3 is 1. The summed E-state index contributed by atoms with van der Waals surface area (Å²) in [6.45, 7) is 4.35. The van der Waals surface area contributed by atoms with Crippen LogP contribution in [0.2, 0.25) is 0 Å². The Morgan fingerprint density at radius 2 is 2.24 bits per heavy atom. The van der Waals surface area contributed by atoms with Crippen LogP contribution in [0.5, 0.6) is 5.75 Å². The smallest absolute Gasteiger partial charge is 0.173 e. The van der Waals surface area contributed by atoms with Gasteiger partial charge >= 0.3 is 0 Å². The van der Waals surface area contributed by atoms with E-state index in [1.807, 2.05) is 18.2 Å². The summed E-state index contributed by atoms with van der Waals surface area (Å²) < 4.78 is 5.36. The van der Waals surface area contributed by atoms with E-state index in [1.165, 1.54) is 31.2 Å². The third-order valence-electron chi connectivity index (χ3n) is 4.23. The zero-order chi connectivity index (χ0) is 15.2. The lowest BCUT2D eigenvalue weighted by Gasteiger charge is -2.27. The molecule has 0 saturated carbocycles. The van der Waals surface area contributed by atoms with Gasteiger partial charge in [-0.15, -0.1) is 0 Å². The van der Waals surface area contributed by atoms with E-state index in [0.29, 0.717) is 17.4 Å². The third-order valence-corrected chi connectivity index (χ3v) is 4.23. The summed E-state index contributed by atoms with van der Waals surface area (Å²) in [4.78, 5) is 2.52. The summed E-state index contributed by atoms with van der Waals surface area (Å²) in [6.07, 6.45) is 5.18. The highest BCUT2D eigenvalue weighted by Crippen LogP contribution is 2.23. The molecule has 0 bridgehead atoms. The monoisotopic (exact) mass is 291 g/mol. The molecule has 0 amide bonds. The fraction of sp³-hybridized carbons (Fsp3) is 0.562. The van der Waals surface area contributed by atoms with Crippen LogP contribution in [0.25, 0.3) is 0 Å². The number of hydrogen-bond donors (Lipinski definition) is 2. The molecule has 0 aromatic heterocycles. The Hall–Kier alpha value is -1.75. The van der Waals surface area contributed by atoms with Crippen molar-refractivity contribution in [2.45, 2.75) is 45.2 Å². The summed E-state index contributed by atoms with van der Waals surface area (Å²) in [5, 5.41) is 11.8. The van der Waals surface area contributed by atoms with E-state index in [-0.39, 0.29) is 5.84 Å². The second-order valence-electron chi connectivity index (χ2n) is 5.69. The number of likely N-dealkylation sites (tertiary alicyclic amines) is 1. The zero-order valence-corrected chi connectivity index (χ0v) is 12.9. The van der Waals surface area contributed by atoms with Gasteiger partial charge in [-0.1, -0.05) is 24.1 Å². The number of ether oxygens (including phenoxy) is 1. The molecule has 21 heavy (non-hydrogen) atoms. The van der Waals surface area contributed by atoms with Crippen LogP contribution in [0.15, 0.2) is 23.4 Å². The van der Waals surface area contributed by atoms with Gasteiger partial charge in [-0.2, -0.15) is 0 Å². The third kappa shape index (κ3) is 3.88. The minimum atomic E-state index is 0.0709. The van der Waals surface area contributed by atoms with Crippen LogP contribution >= 0.6 is 0 Å². The topological polar surface area (TPSA) is 71.1 Å². The Bertz CT molecular complexity index is 502. The lowest BCUT2D eigenvalue weighted by molar-refractivity contribution is 0.204. The van der Waals surface area contributed by atoms with Crippen LogP contribution in [-0.4, -0.2) is 35.6 Å². The zero-order valence-electron chi connectivity index (χ0n) is 12.9. The Kier molecular flexibility index (Phi) is 5.44. The second kappa shape index (κ2) is 7.31. The van der Waals surface area contributed by atoms with E-state index in [4.69, 9.17) is 15.7 Å². The molecule has 1 heterocycles. The highest BCUT2D eigenvalue weighted by Gasteiger charge is 2.18. The van der Waals surface area contributed by atoms with Gasteiger partial charge in [-0.3, -0.25) is 4.90 Å². The van der Waals surface area contributed by atoms with Gasteiger partial charge in [0.05, 0.1) is 12.7 Å². The molecule has 1 aliphatic heterocycles. The maximum atomic E-state index is 8.80. The average molecular weight is 291 g/mol. The summed E-state index contributed by atoms with van der Waals surface area (Å²) in [6, 6.07) is 6.46. The maximum Gasteiger partial charge on any atom is 0.173 e. The molecule has 3 N–H and O–H groups in total. The van der Waals surface area contributed by atoms with E-state index in [0.717, 1.165) is 13.1 Å². The number of benzene rings is 1. The second-order valence-corrected chi connectivity index (χ2v) is 5.69. The molecular weight excluding hydrogens is 266 g/mol. The van der Waals surface area contributed by atoms with Crippen LogP contribution in [0, 0.1) is 0 Å². The van der Waals surface area contributed by atoms with Crippen LogP contribution in [0.3, 0.4) is 0 Å². The largest absolute Gasteiger partial charge is 0.496 e. The number of rotatable bonds is 4. The van der Waals surface area contributed by atoms with Crippen LogP contribution < -0.4 is 10.5 Å². The molecule has 116 valence electrons. The van der Waals surface area contributed by atoms with E-state index in [2.05, 4.69) is 17.0 Å². The molecule has 1 atom stereocenters. The Morgan fingerprint density at radius 1 is 1.43 bits per heavy atom. The van der Waals surface area contributed by atoms with E-state index < -0.39 is 0 Å². The lowest BCUT2D eigenvalue weighted by Crippen LogP contribution is -2.32. The SMILES string of the molecule is COc1cc(CN2CCCCCC2C)ccc1/C(N)=N/O. The first-order chi connectivity index (χ1) is 10.2. The van der Waals surface area contributed by atoms with Crippen LogP contribution in [0.1, 0.15) is 43.7 Å². The first-order valence-corrected chi connectivity index (χ1v) is 7.54. The molecule has 5 nitrogen and oxygen atoms in total. The molecule has 0 spiro atoms. The van der Waals surface area contributed by atoms with Crippen molar-refractivity contribution in [1.29, 1.82) is 0 Å². The van der Waals surface area contributed by atoms with Crippen molar-refractivity contribution >= 4 is 5.84 Å². The molecule has 5 heteroatoms. The fourth-order valence-electron chi connectivity index (χ4n) is 2.90. The first kappa shape index (κ1) is 15.6. The van der Waals surface area contributed by atoms with Crippen molar-refractivity contribution in [2.24, 2.45) is 10.9 Å². The van der Waals surface area contributed by atoms with Crippen molar-refractivity contribution in [3.8, 4) is 5.75 Å². The minimum Gasteiger partial charge on any atom is -0.496 e. The molecule has 0 aliphatic carbocycles. The predicted molar refractivity (Wildman–Crippen MR) is 83.8 cm³/mol. The van der Waals surface area contributed by atoms with Crippen LogP contribution in [0.4, 0.5) is 0 Å². The summed E-state index contributed by atoms with van der Waals surface area (Å²) in [7, 11) is 1.60. The van der Waals surface area contributed by atoms with Gasteiger partial charge in [-0.25, -0.2) is 0 Å². The van der Waals surface area contributed by atoms with Crippen molar-refractivity contribution in [3.05, 3.63) is 29.3 Å². The summed E-state index contributed by atoms with van der Waals surface area (Å²) in [5.74, 6) is 0.715. The quantitative estimate of drug-likeness (QED) is 0.387. The van der Waals surface area contributed by atoms with E-state index >= 15 is 0 Å². The molecule has 2 rings (SSSR count). The molecule has 1 fully saturated rings. The van der Waals surface area contributed by atoms with E-state index in [9.17, 15) is 0 Å². The van der Waals surface area contributed by atoms with Gasteiger partial charge in [0.1, 0.15) is 5.75 Å². The van der Waals surface area contributed by atoms with Crippen molar-refractivity contribution in [3.63, 3.8) is 0 Å². The molecule has 1 saturated heterocycles. The normalized spacial score (nSPS) is 21.0. The number of nitrogens with zero attached hydrogens (tertiary/aromatic N) is 2. The fourth-order valence-corrected chi connectivity index (χ4v) is 2.90. The first-order valence-electron chi connectivity index (χ1n) is 7.54.